The molecule has 2 N–H and O–H groups in total. The number of hydrogen-bond donors (Lipinski definition) is 2. The monoisotopic (exact) mass is 223 g/mol. The van der Waals surface area contributed by atoms with Gasteiger partial charge in [0.15, 0.2) is 0 Å². The molecule has 0 aromatic heterocycles. The van der Waals surface area contributed by atoms with Gasteiger partial charge >= 0.3 is 5.97 Å². The van der Waals surface area contributed by atoms with Gasteiger partial charge in [0.1, 0.15) is 5.54 Å². The van der Waals surface area contributed by atoms with Gasteiger partial charge in [-0.2, -0.15) is 0 Å². The molecule has 88 valence electrons. The highest BCUT2D eigenvalue weighted by molar-refractivity contribution is 5.89. The molecule has 4 nitrogen and oxygen atoms in total. The third-order valence-corrected chi connectivity index (χ3v) is 3.62. The lowest BCUT2D eigenvalue weighted by atomic mass is 9.76. The van der Waals surface area contributed by atoms with E-state index in [-0.39, 0.29) is 11.8 Å². The molecule has 1 unspecified atom stereocenters. The Morgan fingerprint density at radius 2 is 2.06 bits per heavy atom. The highest BCUT2D eigenvalue weighted by Crippen LogP contribution is 2.33. The van der Waals surface area contributed by atoms with Crippen molar-refractivity contribution in [2.24, 2.45) is 5.92 Å². The molecule has 0 radical (unpaired) electrons. The zero-order valence-electron chi connectivity index (χ0n) is 9.24. The van der Waals surface area contributed by atoms with Crippen LogP contribution in [0.3, 0.4) is 0 Å². The van der Waals surface area contributed by atoms with Crippen molar-refractivity contribution >= 4 is 11.9 Å². The minimum absolute atomic E-state index is 0.0400. The minimum Gasteiger partial charge on any atom is -0.480 e. The molecule has 1 atom stereocenters. The van der Waals surface area contributed by atoms with Gasteiger partial charge in [-0.05, 0) is 38.5 Å². The van der Waals surface area contributed by atoms with E-state index in [1.165, 1.54) is 0 Å². The number of carbonyl (C=O) groups excluding carboxylic acids is 1. The maximum absolute atomic E-state index is 11.9. The quantitative estimate of drug-likeness (QED) is 0.712. The molecule has 2 rings (SSSR count). The first-order valence-corrected chi connectivity index (χ1v) is 5.84. The van der Waals surface area contributed by atoms with E-state index in [0.29, 0.717) is 12.8 Å². The Balaban J connectivity index is 1.95. The van der Waals surface area contributed by atoms with Crippen LogP contribution in [0.25, 0.3) is 0 Å². The normalized spacial score (nSPS) is 26.9. The summed E-state index contributed by atoms with van der Waals surface area (Å²) in [5.74, 6) is -1.02. The second-order valence-corrected chi connectivity index (χ2v) is 4.71. The van der Waals surface area contributed by atoms with Gasteiger partial charge in [-0.1, -0.05) is 12.2 Å². The van der Waals surface area contributed by atoms with Gasteiger partial charge in [0.2, 0.25) is 5.91 Å². The molecule has 4 heteroatoms. The Bertz CT molecular complexity index is 331. The summed E-state index contributed by atoms with van der Waals surface area (Å²) in [5, 5.41) is 11.8. The maximum Gasteiger partial charge on any atom is 0.329 e. The third kappa shape index (κ3) is 1.96. The van der Waals surface area contributed by atoms with Gasteiger partial charge in [-0.25, -0.2) is 4.79 Å². The lowest BCUT2D eigenvalue weighted by Crippen LogP contribution is -2.60. The first-order chi connectivity index (χ1) is 7.64. The molecule has 0 aromatic rings. The number of carbonyl (C=O) groups is 2. The van der Waals surface area contributed by atoms with Crippen LogP contribution < -0.4 is 5.32 Å². The Kier molecular flexibility index (Phi) is 2.99. The Morgan fingerprint density at radius 1 is 1.31 bits per heavy atom. The van der Waals surface area contributed by atoms with Crippen LogP contribution in [0.15, 0.2) is 12.2 Å². The molecule has 0 heterocycles. The molecule has 1 amide bonds. The second-order valence-electron chi connectivity index (χ2n) is 4.71. The van der Waals surface area contributed by atoms with E-state index >= 15 is 0 Å². The molecule has 0 saturated heterocycles. The van der Waals surface area contributed by atoms with Crippen molar-refractivity contribution in [1.82, 2.24) is 5.32 Å². The van der Waals surface area contributed by atoms with Crippen molar-refractivity contribution in [2.75, 3.05) is 0 Å². The topological polar surface area (TPSA) is 66.4 Å². The summed E-state index contributed by atoms with van der Waals surface area (Å²) in [7, 11) is 0. The number of hydrogen-bond acceptors (Lipinski definition) is 2. The van der Waals surface area contributed by atoms with Crippen LogP contribution in [0.1, 0.15) is 38.5 Å². The fourth-order valence-electron chi connectivity index (χ4n) is 2.29. The SMILES string of the molecule is O=C(NC1(C(=O)O)CCC1)C1CC=CCC1. The number of carboxylic acid groups (broad SMARTS) is 1. The van der Waals surface area contributed by atoms with Crippen molar-refractivity contribution in [2.45, 2.75) is 44.1 Å². The minimum atomic E-state index is -0.960. The van der Waals surface area contributed by atoms with E-state index in [0.717, 1.165) is 25.7 Å². The van der Waals surface area contributed by atoms with Gasteiger partial charge < -0.3 is 10.4 Å². The Morgan fingerprint density at radius 3 is 2.50 bits per heavy atom. The molecule has 1 saturated carbocycles. The molecule has 2 aliphatic rings. The van der Waals surface area contributed by atoms with E-state index in [1.54, 1.807) is 0 Å². The van der Waals surface area contributed by atoms with Crippen LogP contribution in [0.5, 0.6) is 0 Å². The number of aliphatic carboxylic acids is 1. The molecule has 16 heavy (non-hydrogen) atoms. The summed E-state index contributed by atoms with van der Waals surface area (Å²) < 4.78 is 0. The fraction of sp³-hybridized carbons (Fsp3) is 0.667. The smallest absolute Gasteiger partial charge is 0.329 e. The van der Waals surface area contributed by atoms with Crippen molar-refractivity contribution in [3.8, 4) is 0 Å². The number of carboxylic acids is 1. The molecule has 2 aliphatic carbocycles. The summed E-state index contributed by atoms with van der Waals surface area (Å²) >= 11 is 0. The van der Waals surface area contributed by atoms with E-state index in [1.807, 2.05) is 6.08 Å². The molecule has 0 aliphatic heterocycles. The van der Waals surface area contributed by atoms with Crippen LogP contribution in [0.2, 0.25) is 0 Å². The third-order valence-electron chi connectivity index (χ3n) is 3.62. The number of nitrogens with one attached hydrogen (secondary N) is 1. The van der Waals surface area contributed by atoms with Crippen molar-refractivity contribution in [3.63, 3.8) is 0 Å². The lowest BCUT2D eigenvalue weighted by molar-refractivity contribution is -0.152. The molecule has 0 spiro atoms. The number of rotatable bonds is 3. The first kappa shape index (κ1) is 11.2. The van der Waals surface area contributed by atoms with Gasteiger partial charge in [-0.15, -0.1) is 0 Å². The van der Waals surface area contributed by atoms with Crippen molar-refractivity contribution < 1.29 is 14.7 Å². The molecule has 1 fully saturated rings. The lowest BCUT2D eigenvalue weighted by Gasteiger charge is -2.39. The zero-order chi connectivity index (χ0) is 11.6. The summed E-state index contributed by atoms with van der Waals surface area (Å²) in [5.41, 5.74) is -0.960. The largest absolute Gasteiger partial charge is 0.480 e. The fourth-order valence-corrected chi connectivity index (χ4v) is 2.29. The van der Waals surface area contributed by atoms with E-state index in [4.69, 9.17) is 5.11 Å². The van der Waals surface area contributed by atoms with Gasteiger partial charge in [0.05, 0.1) is 0 Å². The summed E-state index contributed by atoms with van der Waals surface area (Å²) in [6, 6.07) is 0. The summed E-state index contributed by atoms with van der Waals surface area (Å²) in [6.45, 7) is 0. The Labute approximate surface area is 94.7 Å². The highest BCUT2D eigenvalue weighted by Gasteiger charge is 2.46. The van der Waals surface area contributed by atoms with E-state index < -0.39 is 11.5 Å². The van der Waals surface area contributed by atoms with Gasteiger partial charge in [-0.3, -0.25) is 4.79 Å². The van der Waals surface area contributed by atoms with Crippen LogP contribution in [-0.2, 0) is 9.59 Å². The average Bonchev–Trinajstić information content (AvgIpc) is 2.24. The molecule has 0 aromatic carbocycles. The predicted molar refractivity (Wildman–Crippen MR) is 58.8 cm³/mol. The summed E-state index contributed by atoms with van der Waals surface area (Å²) in [4.78, 5) is 23.0. The van der Waals surface area contributed by atoms with Crippen LogP contribution in [0.4, 0.5) is 0 Å². The van der Waals surface area contributed by atoms with E-state index in [2.05, 4.69) is 11.4 Å². The average molecular weight is 223 g/mol. The number of allylic oxidation sites excluding steroid dienone is 2. The van der Waals surface area contributed by atoms with Crippen LogP contribution in [-0.4, -0.2) is 22.5 Å². The van der Waals surface area contributed by atoms with Gasteiger partial charge in [0.25, 0.3) is 0 Å². The summed E-state index contributed by atoms with van der Waals surface area (Å²) in [6.07, 6.45) is 8.57. The second kappa shape index (κ2) is 4.28. The maximum atomic E-state index is 11.9. The number of amides is 1. The molecular weight excluding hydrogens is 206 g/mol. The van der Waals surface area contributed by atoms with Crippen LogP contribution in [0, 0.1) is 5.92 Å². The zero-order valence-corrected chi connectivity index (χ0v) is 9.24. The van der Waals surface area contributed by atoms with Crippen LogP contribution >= 0.6 is 0 Å². The van der Waals surface area contributed by atoms with E-state index in [9.17, 15) is 9.59 Å². The Hall–Kier alpha value is -1.32. The van der Waals surface area contributed by atoms with Gasteiger partial charge in [0, 0.05) is 5.92 Å². The standard InChI is InChI=1S/C12H17NO3/c14-10(9-5-2-1-3-6-9)13-12(11(15)16)7-4-8-12/h1-2,9H,3-8H2,(H,13,14)(H,15,16). The molecule has 0 bridgehead atoms. The first-order valence-electron chi connectivity index (χ1n) is 5.84. The predicted octanol–water partition coefficient (Wildman–Crippen LogP) is 1.47. The van der Waals surface area contributed by atoms with Crippen molar-refractivity contribution in [1.29, 1.82) is 0 Å². The van der Waals surface area contributed by atoms with Crippen molar-refractivity contribution in [3.05, 3.63) is 12.2 Å². The molecular formula is C12H17NO3. The highest BCUT2D eigenvalue weighted by atomic mass is 16.4.